The van der Waals surface area contributed by atoms with Crippen LogP contribution in [0.1, 0.15) is 11.0 Å². The molecule has 0 radical (unpaired) electrons. The highest BCUT2D eigenvalue weighted by molar-refractivity contribution is 7.85. The lowest BCUT2D eigenvalue weighted by molar-refractivity contribution is 0.261. The van der Waals surface area contributed by atoms with Gasteiger partial charge in [0.05, 0.1) is 25.7 Å². The van der Waals surface area contributed by atoms with Gasteiger partial charge in [-0.3, -0.25) is 4.21 Å². The van der Waals surface area contributed by atoms with Crippen molar-refractivity contribution in [3.8, 4) is 0 Å². The Morgan fingerprint density at radius 3 is 2.70 bits per heavy atom. The topological polar surface area (TPSA) is 46.5 Å². The molecule has 0 aromatic heterocycles. The Morgan fingerprint density at radius 2 is 1.90 bits per heavy atom. The maximum atomic E-state index is 12.7. The Kier molecular flexibility index (Phi) is 3.88. The molecule has 2 atom stereocenters. The normalized spacial score (nSPS) is 18.9. The molecule has 0 saturated heterocycles. The predicted molar refractivity (Wildman–Crippen MR) is 80.7 cm³/mol. The van der Waals surface area contributed by atoms with Crippen LogP contribution in [0.25, 0.3) is 0 Å². The van der Waals surface area contributed by atoms with E-state index >= 15 is 0 Å². The second-order valence-corrected chi connectivity index (χ2v) is 6.55. The summed E-state index contributed by atoms with van der Waals surface area (Å²) in [5, 5.41) is 10.4. The lowest BCUT2D eigenvalue weighted by Gasteiger charge is -2.13. The Labute approximate surface area is 129 Å². The molecule has 1 N–H and O–H groups in total. The number of fused-ring (bicyclic) bond motifs is 1. The molecule has 102 valence electrons. The van der Waals surface area contributed by atoms with E-state index in [0.717, 1.165) is 0 Å². The van der Waals surface area contributed by atoms with Gasteiger partial charge < -0.3 is 9.68 Å². The van der Waals surface area contributed by atoms with Gasteiger partial charge in [-0.05, 0) is 23.2 Å². The molecule has 3 rings (SSSR count). The van der Waals surface area contributed by atoms with Crippen molar-refractivity contribution in [3.05, 3.63) is 58.1 Å². The van der Waals surface area contributed by atoms with E-state index in [1.807, 2.05) is 6.07 Å². The first-order chi connectivity index (χ1) is 9.59. The summed E-state index contributed by atoms with van der Waals surface area (Å²) < 4.78 is 18.1. The maximum absolute atomic E-state index is 12.7. The van der Waals surface area contributed by atoms with Crippen LogP contribution in [0.3, 0.4) is 0 Å². The SMILES string of the molecule is O=S(c1cccc(Cl)c1Cl)C1OB(O)c2ccccc21. The van der Waals surface area contributed by atoms with Gasteiger partial charge in [0.25, 0.3) is 0 Å². The van der Waals surface area contributed by atoms with Gasteiger partial charge in [0.1, 0.15) is 5.44 Å². The highest BCUT2D eigenvalue weighted by atomic mass is 35.5. The second-order valence-electron chi connectivity index (χ2n) is 4.30. The molecule has 0 amide bonds. The number of hydrogen-bond acceptors (Lipinski definition) is 3. The molecule has 2 aromatic rings. The third-order valence-corrected chi connectivity index (χ3v) is 5.55. The lowest BCUT2D eigenvalue weighted by atomic mass is 9.80. The molecule has 3 nitrogen and oxygen atoms in total. The van der Waals surface area contributed by atoms with E-state index < -0.39 is 23.4 Å². The van der Waals surface area contributed by atoms with Crippen molar-refractivity contribution in [3.63, 3.8) is 0 Å². The van der Waals surface area contributed by atoms with Crippen LogP contribution in [0.4, 0.5) is 0 Å². The molecule has 0 bridgehead atoms. The van der Waals surface area contributed by atoms with Gasteiger partial charge in [-0.25, -0.2) is 0 Å². The van der Waals surface area contributed by atoms with Crippen molar-refractivity contribution in [1.82, 2.24) is 0 Å². The van der Waals surface area contributed by atoms with E-state index in [0.29, 0.717) is 20.9 Å². The van der Waals surface area contributed by atoms with E-state index in [9.17, 15) is 9.23 Å². The Balaban J connectivity index is 2.03. The maximum Gasteiger partial charge on any atom is 0.492 e. The molecule has 0 fully saturated rings. The molecule has 1 heterocycles. The summed E-state index contributed by atoms with van der Waals surface area (Å²) in [6.07, 6.45) is 0. The van der Waals surface area contributed by atoms with Crippen molar-refractivity contribution < 1.29 is 13.9 Å². The summed E-state index contributed by atoms with van der Waals surface area (Å²) in [5.41, 5.74) is 0.579. The first-order valence-electron chi connectivity index (χ1n) is 5.86. The molecule has 0 aliphatic carbocycles. The molecule has 20 heavy (non-hydrogen) atoms. The van der Waals surface area contributed by atoms with Gasteiger partial charge in [-0.1, -0.05) is 53.5 Å². The minimum Gasteiger partial charge on any atom is -0.423 e. The zero-order chi connectivity index (χ0) is 14.3. The number of hydrogen-bond donors (Lipinski definition) is 1. The van der Waals surface area contributed by atoms with Crippen molar-refractivity contribution in [2.45, 2.75) is 10.3 Å². The third kappa shape index (κ3) is 2.30. The summed E-state index contributed by atoms with van der Waals surface area (Å²) in [6.45, 7) is 0. The van der Waals surface area contributed by atoms with E-state index in [1.54, 1.807) is 36.4 Å². The molecule has 0 spiro atoms. The minimum absolute atomic E-state index is 0.245. The van der Waals surface area contributed by atoms with Crippen molar-refractivity contribution in [2.75, 3.05) is 0 Å². The van der Waals surface area contributed by atoms with E-state index in [2.05, 4.69) is 0 Å². The molecule has 7 heteroatoms. The van der Waals surface area contributed by atoms with Crippen LogP contribution in [0, 0.1) is 0 Å². The first-order valence-corrected chi connectivity index (χ1v) is 7.83. The van der Waals surface area contributed by atoms with E-state index in [-0.39, 0.29) is 5.02 Å². The van der Waals surface area contributed by atoms with Crippen LogP contribution in [0.5, 0.6) is 0 Å². The van der Waals surface area contributed by atoms with Gasteiger partial charge in [-0.15, -0.1) is 0 Å². The van der Waals surface area contributed by atoms with Crippen LogP contribution in [-0.4, -0.2) is 16.4 Å². The van der Waals surface area contributed by atoms with Crippen LogP contribution in [-0.2, 0) is 15.5 Å². The highest BCUT2D eigenvalue weighted by Gasteiger charge is 2.39. The number of rotatable bonds is 2. The molecule has 2 aromatic carbocycles. The largest absolute Gasteiger partial charge is 0.492 e. The fraction of sp³-hybridized carbons (Fsp3) is 0.0769. The summed E-state index contributed by atoms with van der Waals surface area (Å²) in [5.74, 6) is 0. The van der Waals surface area contributed by atoms with Crippen LogP contribution < -0.4 is 5.46 Å². The van der Waals surface area contributed by atoms with Crippen molar-refractivity contribution in [2.24, 2.45) is 0 Å². The molecule has 1 aliphatic rings. The lowest BCUT2D eigenvalue weighted by Crippen LogP contribution is -2.27. The minimum atomic E-state index is -1.56. The van der Waals surface area contributed by atoms with Gasteiger partial charge in [-0.2, -0.15) is 0 Å². The first kappa shape index (κ1) is 14.1. The highest BCUT2D eigenvalue weighted by Crippen LogP contribution is 2.35. The molecular formula is C13H9BCl2O3S. The Morgan fingerprint density at radius 1 is 1.15 bits per heavy atom. The number of halogens is 2. The fourth-order valence-electron chi connectivity index (χ4n) is 2.13. The standard InChI is InChI=1S/C13H9BCl2O3S/c15-10-6-3-7-11(12(10)16)20(18)13-8-4-1-2-5-9(8)14(17)19-13/h1-7,13,17H. The zero-order valence-electron chi connectivity index (χ0n) is 10.1. The molecule has 0 saturated carbocycles. The monoisotopic (exact) mass is 326 g/mol. The fourth-order valence-corrected chi connectivity index (χ4v) is 4.10. The Bertz CT molecular complexity index is 695. The predicted octanol–water partition coefficient (Wildman–Crippen LogP) is 2.52. The summed E-state index contributed by atoms with van der Waals surface area (Å²) in [6, 6.07) is 12.1. The second kappa shape index (κ2) is 5.50. The quantitative estimate of drug-likeness (QED) is 0.863. The third-order valence-electron chi connectivity index (χ3n) is 3.10. The van der Waals surface area contributed by atoms with Crippen LogP contribution in [0.2, 0.25) is 10.0 Å². The Hall–Kier alpha value is -0.845. The average molecular weight is 327 g/mol. The number of benzene rings is 2. The van der Waals surface area contributed by atoms with Crippen LogP contribution in [0.15, 0.2) is 47.4 Å². The van der Waals surface area contributed by atoms with Gasteiger partial charge in [0.15, 0.2) is 0 Å². The van der Waals surface area contributed by atoms with Crippen LogP contribution >= 0.6 is 23.2 Å². The smallest absolute Gasteiger partial charge is 0.423 e. The molecule has 2 unspecified atom stereocenters. The van der Waals surface area contributed by atoms with E-state index in [4.69, 9.17) is 27.9 Å². The molecule has 1 aliphatic heterocycles. The van der Waals surface area contributed by atoms with Gasteiger partial charge in [0.2, 0.25) is 0 Å². The van der Waals surface area contributed by atoms with Crippen molar-refractivity contribution >= 4 is 46.6 Å². The average Bonchev–Trinajstić information content (AvgIpc) is 2.79. The molecular weight excluding hydrogens is 318 g/mol. The van der Waals surface area contributed by atoms with Crippen molar-refractivity contribution in [1.29, 1.82) is 0 Å². The van der Waals surface area contributed by atoms with Gasteiger partial charge in [0, 0.05) is 0 Å². The van der Waals surface area contributed by atoms with Gasteiger partial charge >= 0.3 is 7.12 Å². The van der Waals surface area contributed by atoms with E-state index in [1.165, 1.54) is 0 Å². The summed E-state index contributed by atoms with van der Waals surface area (Å²) in [4.78, 5) is 0.396. The zero-order valence-corrected chi connectivity index (χ0v) is 12.5. The summed E-state index contributed by atoms with van der Waals surface area (Å²) in [7, 11) is -2.63. The summed E-state index contributed by atoms with van der Waals surface area (Å²) >= 11 is 12.0.